The molecule has 0 bridgehead atoms. The van der Waals surface area contributed by atoms with Gasteiger partial charge in [0.2, 0.25) is 0 Å². The number of amides is 1. The average Bonchev–Trinajstić information content (AvgIpc) is 3.47. The van der Waals surface area contributed by atoms with Crippen molar-refractivity contribution < 1.29 is 9.53 Å². The van der Waals surface area contributed by atoms with Gasteiger partial charge in [0.1, 0.15) is 11.6 Å². The molecule has 172 valence electrons. The lowest BCUT2D eigenvalue weighted by Gasteiger charge is -2.11. The van der Waals surface area contributed by atoms with E-state index in [0.29, 0.717) is 13.2 Å². The number of unbranched alkanes of at least 4 members (excludes halogenated alkanes) is 1. The predicted molar refractivity (Wildman–Crippen MR) is 135 cm³/mol. The standard InChI is InChI=1S/C27H31N3O2S/c1-20-13-14-22(19-21(20)2)32-17-6-5-16-30-24-10-4-3-9-23(24)29-26(30)12-7-15-28-27(31)25-11-8-18-33-25/h3-4,8-11,13-14,18-19H,5-7,12,15-17H2,1-2H3,(H,28,31). The van der Waals surface area contributed by atoms with E-state index < -0.39 is 0 Å². The molecule has 0 saturated heterocycles. The molecule has 0 aliphatic heterocycles. The number of aryl methyl sites for hydroxylation is 4. The summed E-state index contributed by atoms with van der Waals surface area (Å²) in [6.45, 7) is 6.49. The third-order valence-corrected chi connectivity index (χ3v) is 6.73. The number of imidazole rings is 1. The first kappa shape index (κ1) is 23.1. The number of nitrogens with zero attached hydrogens (tertiary/aromatic N) is 2. The van der Waals surface area contributed by atoms with Crippen LogP contribution in [0.1, 0.15) is 45.9 Å². The van der Waals surface area contributed by atoms with Crippen LogP contribution in [0.15, 0.2) is 60.0 Å². The number of benzene rings is 2. The van der Waals surface area contributed by atoms with Crippen molar-refractivity contribution >= 4 is 28.3 Å². The smallest absolute Gasteiger partial charge is 0.261 e. The number of hydrogen-bond donors (Lipinski definition) is 1. The van der Waals surface area contributed by atoms with E-state index in [9.17, 15) is 4.79 Å². The van der Waals surface area contributed by atoms with Crippen LogP contribution < -0.4 is 10.1 Å². The molecule has 2 aromatic heterocycles. The number of rotatable bonds is 11. The van der Waals surface area contributed by atoms with Crippen LogP contribution in [0.25, 0.3) is 11.0 Å². The molecule has 6 heteroatoms. The normalized spacial score (nSPS) is 11.1. The zero-order valence-electron chi connectivity index (χ0n) is 19.3. The highest BCUT2D eigenvalue weighted by atomic mass is 32.1. The first-order valence-corrected chi connectivity index (χ1v) is 12.5. The minimum Gasteiger partial charge on any atom is -0.494 e. The highest BCUT2D eigenvalue weighted by Gasteiger charge is 2.11. The Morgan fingerprint density at radius 2 is 1.91 bits per heavy atom. The number of aromatic nitrogens is 2. The molecule has 0 fully saturated rings. The monoisotopic (exact) mass is 461 g/mol. The Hall–Kier alpha value is -3.12. The summed E-state index contributed by atoms with van der Waals surface area (Å²) < 4.78 is 8.27. The third-order valence-electron chi connectivity index (χ3n) is 5.86. The minimum atomic E-state index is 0.00210. The van der Waals surface area contributed by atoms with Gasteiger partial charge in [0.25, 0.3) is 5.91 Å². The van der Waals surface area contributed by atoms with Gasteiger partial charge in [0.15, 0.2) is 0 Å². The first-order valence-electron chi connectivity index (χ1n) is 11.6. The zero-order chi connectivity index (χ0) is 23.0. The number of fused-ring (bicyclic) bond motifs is 1. The number of hydrogen-bond acceptors (Lipinski definition) is 4. The predicted octanol–water partition coefficient (Wildman–Crippen LogP) is 5.94. The minimum absolute atomic E-state index is 0.00210. The van der Waals surface area contributed by atoms with Crippen LogP contribution in [0, 0.1) is 13.8 Å². The SMILES string of the molecule is Cc1ccc(OCCCCn2c(CCCNC(=O)c3cccs3)nc3ccccc32)cc1C. The molecular weight excluding hydrogens is 430 g/mol. The van der Waals surface area contributed by atoms with E-state index in [1.54, 1.807) is 0 Å². The first-order chi connectivity index (χ1) is 16.1. The molecule has 4 rings (SSSR count). The lowest BCUT2D eigenvalue weighted by Crippen LogP contribution is -2.24. The molecule has 1 amide bonds. The fraction of sp³-hybridized carbons (Fsp3) is 0.333. The number of nitrogens with one attached hydrogen (secondary N) is 1. The van der Waals surface area contributed by atoms with Crippen LogP contribution >= 0.6 is 11.3 Å². The topological polar surface area (TPSA) is 56.1 Å². The maximum Gasteiger partial charge on any atom is 0.261 e. The van der Waals surface area contributed by atoms with Crippen molar-refractivity contribution in [2.75, 3.05) is 13.2 Å². The Labute approximate surface area is 199 Å². The van der Waals surface area contributed by atoms with Crippen molar-refractivity contribution in [2.45, 2.75) is 46.1 Å². The van der Waals surface area contributed by atoms with Gasteiger partial charge in [-0.25, -0.2) is 4.98 Å². The quantitative estimate of drug-likeness (QED) is 0.281. The summed E-state index contributed by atoms with van der Waals surface area (Å²) in [6, 6.07) is 18.3. The van der Waals surface area contributed by atoms with Crippen molar-refractivity contribution in [3.05, 3.63) is 81.8 Å². The fourth-order valence-corrected chi connectivity index (χ4v) is 4.51. The fourth-order valence-electron chi connectivity index (χ4n) is 3.87. The van der Waals surface area contributed by atoms with Gasteiger partial charge in [0.05, 0.1) is 22.5 Å². The lowest BCUT2D eigenvalue weighted by molar-refractivity contribution is 0.0957. The number of para-hydroxylation sites is 2. The van der Waals surface area contributed by atoms with E-state index in [2.05, 4.69) is 54.1 Å². The van der Waals surface area contributed by atoms with Crippen molar-refractivity contribution in [1.29, 1.82) is 0 Å². The van der Waals surface area contributed by atoms with E-state index in [0.717, 1.165) is 54.2 Å². The number of carbonyl (C=O) groups is 1. The molecule has 33 heavy (non-hydrogen) atoms. The largest absolute Gasteiger partial charge is 0.494 e. The maximum absolute atomic E-state index is 12.1. The van der Waals surface area contributed by atoms with Gasteiger partial charge < -0.3 is 14.6 Å². The number of thiophene rings is 1. The van der Waals surface area contributed by atoms with Gasteiger partial charge in [-0.2, -0.15) is 0 Å². The third kappa shape index (κ3) is 6.02. The Bertz CT molecular complexity index is 1200. The number of ether oxygens (including phenoxy) is 1. The molecule has 0 aliphatic rings. The Kier molecular flexibility index (Phi) is 7.79. The van der Waals surface area contributed by atoms with E-state index in [1.165, 1.54) is 28.0 Å². The summed E-state index contributed by atoms with van der Waals surface area (Å²) in [4.78, 5) is 17.8. The highest BCUT2D eigenvalue weighted by molar-refractivity contribution is 7.12. The molecule has 0 atom stereocenters. The molecule has 0 saturated carbocycles. The average molecular weight is 462 g/mol. The van der Waals surface area contributed by atoms with Gasteiger partial charge in [-0.05, 0) is 79.9 Å². The molecule has 0 radical (unpaired) electrons. The molecular formula is C27H31N3O2S. The summed E-state index contributed by atoms with van der Waals surface area (Å²) in [6.07, 6.45) is 3.69. The molecule has 0 unspecified atom stereocenters. The Balaban J connectivity index is 1.29. The second kappa shape index (κ2) is 11.1. The van der Waals surface area contributed by atoms with E-state index >= 15 is 0 Å². The van der Waals surface area contributed by atoms with Crippen LogP contribution in [0.5, 0.6) is 5.75 Å². The van der Waals surface area contributed by atoms with Crippen LogP contribution in [-0.4, -0.2) is 28.6 Å². The second-order valence-electron chi connectivity index (χ2n) is 8.31. The Morgan fingerprint density at radius 1 is 1.03 bits per heavy atom. The molecule has 0 aliphatic carbocycles. The van der Waals surface area contributed by atoms with Gasteiger partial charge in [-0.3, -0.25) is 4.79 Å². The van der Waals surface area contributed by atoms with Crippen molar-refractivity contribution in [3.63, 3.8) is 0 Å². The molecule has 5 nitrogen and oxygen atoms in total. The van der Waals surface area contributed by atoms with Crippen LogP contribution in [0.2, 0.25) is 0 Å². The van der Waals surface area contributed by atoms with E-state index in [4.69, 9.17) is 9.72 Å². The van der Waals surface area contributed by atoms with E-state index in [1.807, 2.05) is 29.6 Å². The Morgan fingerprint density at radius 3 is 2.73 bits per heavy atom. The van der Waals surface area contributed by atoms with Gasteiger partial charge in [0, 0.05) is 19.5 Å². The summed E-state index contributed by atoms with van der Waals surface area (Å²) in [7, 11) is 0. The van der Waals surface area contributed by atoms with Crippen molar-refractivity contribution in [2.24, 2.45) is 0 Å². The van der Waals surface area contributed by atoms with Gasteiger partial charge in [-0.1, -0.05) is 24.3 Å². The van der Waals surface area contributed by atoms with Crippen LogP contribution in [0.3, 0.4) is 0 Å². The summed E-state index contributed by atoms with van der Waals surface area (Å²) in [5.74, 6) is 2.02. The van der Waals surface area contributed by atoms with Crippen molar-refractivity contribution in [1.82, 2.24) is 14.9 Å². The molecule has 1 N–H and O–H groups in total. The zero-order valence-corrected chi connectivity index (χ0v) is 20.2. The molecule has 4 aromatic rings. The summed E-state index contributed by atoms with van der Waals surface area (Å²) in [5, 5.41) is 4.93. The van der Waals surface area contributed by atoms with Gasteiger partial charge >= 0.3 is 0 Å². The van der Waals surface area contributed by atoms with Crippen molar-refractivity contribution in [3.8, 4) is 5.75 Å². The van der Waals surface area contributed by atoms with Gasteiger partial charge in [-0.15, -0.1) is 11.3 Å². The molecule has 2 heterocycles. The maximum atomic E-state index is 12.1. The number of carbonyl (C=O) groups excluding carboxylic acids is 1. The molecule has 0 spiro atoms. The highest BCUT2D eigenvalue weighted by Crippen LogP contribution is 2.19. The van der Waals surface area contributed by atoms with Crippen LogP contribution in [0.4, 0.5) is 0 Å². The van der Waals surface area contributed by atoms with Crippen LogP contribution in [-0.2, 0) is 13.0 Å². The summed E-state index contributed by atoms with van der Waals surface area (Å²) >= 11 is 1.46. The molecule has 2 aromatic carbocycles. The van der Waals surface area contributed by atoms with E-state index in [-0.39, 0.29) is 5.91 Å². The lowest BCUT2D eigenvalue weighted by atomic mass is 10.1. The summed E-state index contributed by atoms with van der Waals surface area (Å²) in [5.41, 5.74) is 4.74. The second-order valence-corrected chi connectivity index (χ2v) is 9.25.